The molecule has 1 aromatic carbocycles. The lowest BCUT2D eigenvalue weighted by molar-refractivity contribution is 0.654. The average Bonchev–Trinajstić information content (AvgIpc) is 2.53. The van der Waals surface area contributed by atoms with E-state index >= 15 is 0 Å². The van der Waals surface area contributed by atoms with Crippen LogP contribution in [0.5, 0.6) is 0 Å². The second kappa shape index (κ2) is 11.3. The second-order valence-corrected chi connectivity index (χ2v) is 6.31. The van der Waals surface area contributed by atoms with Crippen molar-refractivity contribution in [3.05, 3.63) is 53.6 Å². The van der Waals surface area contributed by atoms with Crippen LogP contribution in [-0.2, 0) is 6.42 Å². The van der Waals surface area contributed by atoms with Crippen LogP contribution in [0, 0.1) is 0 Å². The standard InChI is InChI=1S/C20H31ClN2/c1-5-7-8-11-18-12-13-19(21)16-20(18)23(15-9-14-22-4)17(3)10-6-2/h5-6,10,12-13,16-17,22H,1,7-9,11,14-15H2,2-4H3/b10-6-. The fourth-order valence-electron chi connectivity index (χ4n) is 2.80. The maximum Gasteiger partial charge on any atom is 0.0444 e. The molecule has 0 saturated heterocycles. The number of hydrogen-bond donors (Lipinski definition) is 1. The molecule has 1 N–H and O–H groups in total. The average molecular weight is 335 g/mol. The van der Waals surface area contributed by atoms with Crippen LogP contribution in [-0.4, -0.2) is 26.2 Å². The van der Waals surface area contributed by atoms with E-state index in [9.17, 15) is 0 Å². The first kappa shape index (κ1) is 19.8. The van der Waals surface area contributed by atoms with Crippen LogP contribution in [0.4, 0.5) is 5.69 Å². The molecule has 1 aromatic rings. The fraction of sp³-hybridized carbons (Fsp3) is 0.500. The molecule has 0 bridgehead atoms. The summed E-state index contributed by atoms with van der Waals surface area (Å²) in [4.78, 5) is 2.46. The predicted octanol–water partition coefficient (Wildman–Crippen LogP) is 5.23. The highest BCUT2D eigenvalue weighted by atomic mass is 35.5. The first-order valence-corrected chi connectivity index (χ1v) is 8.95. The van der Waals surface area contributed by atoms with E-state index < -0.39 is 0 Å². The van der Waals surface area contributed by atoms with E-state index in [1.165, 1.54) is 11.3 Å². The number of nitrogens with zero attached hydrogens (tertiary/aromatic N) is 1. The molecule has 1 rings (SSSR count). The number of unbranched alkanes of at least 4 members (excludes halogenated alkanes) is 1. The van der Waals surface area contributed by atoms with Crippen molar-refractivity contribution in [1.82, 2.24) is 5.32 Å². The van der Waals surface area contributed by atoms with Gasteiger partial charge in [-0.25, -0.2) is 0 Å². The van der Waals surface area contributed by atoms with Gasteiger partial charge in [0.15, 0.2) is 0 Å². The van der Waals surface area contributed by atoms with Gasteiger partial charge < -0.3 is 10.2 Å². The number of rotatable bonds is 11. The Bertz CT molecular complexity index is 496. The van der Waals surface area contributed by atoms with Crippen molar-refractivity contribution in [3.8, 4) is 0 Å². The lowest BCUT2D eigenvalue weighted by atomic mass is 10.0. The predicted molar refractivity (Wildman–Crippen MR) is 105 cm³/mol. The van der Waals surface area contributed by atoms with Gasteiger partial charge >= 0.3 is 0 Å². The SMILES string of the molecule is C=CCCCc1ccc(Cl)cc1N(CCCNC)C(C)/C=C\C. The van der Waals surface area contributed by atoms with Crippen LogP contribution in [0.25, 0.3) is 0 Å². The number of nitrogens with one attached hydrogen (secondary N) is 1. The van der Waals surface area contributed by atoms with Crippen molar-refractivity contribution in [1.29, 1.82) is 0 Å². The normalized spacial score (nSPS) is 12.5. The third-order valence-corrected chi connectivity index (χ3v) is 4.23. The summed E-state index contributed by atoms with van der Waals surface area (Å²) in [6.07, 6.45) is 10.7. The van der Waals surface area contributed by atoms with Crippen LogP contribution < -0.4 is 10.2 Å². The van der Waals surface area contributed by atoms with Crippen LogP contribution >= 0.6 is 11.6 Å². The zero-order chi connectivity index (χ0) is 17.1. The first-order chi connectivity index (χ1) is 11.1. The minimum atomic E-state index is 0.355. The summed E-state index contributed by atoms with van der Waals surface area (Å²) in [5.41, 5.74) is 2.64. The van der Waals surface area contributed by atoms with Gasteiger partial charge in [-0.3, -0.25) is 0 Å². The Kier molecular flexibility index (Phi) is 9.74. The molecule has 0 aliphatic rings. The van der Waals surface area contributed by atoms with Gasteiger partial charge in [-0.1, -0.05) is 35.9 Å². The molecule has 3 heteroatoms. The maximum absolute atomic E-state index is 6.29. The Morgan fingerprint density at radius 2 is 2.13 bits per heavy atom. The summed E-state index contributed by atoms with van der Waals surface area (Å²) < 4.78 is 0. The molecule has 0 fully saturated rings. The van der Waals surface area contributed by atoms with Crippen LogP contribution in [0.3, 0.4) is 0 Å². The van der Waals surface area contributed by atoms with Gasteiger partial charge in [-0.2, -0.15) is 0 Å². The van der Waals surface area contributed by atoms with Crippen LogP contribution in [0.1, 0.15) is 38.7 Å². The molecule has 1 atom stereocenters. The summed E-state index contributed by atoms with van der Waals surface area (Å²) >= 11 is 6.29. The summed E-state index contributed by atoms with van der Waals surface area (Å²) in [5.74, 6) is 0. The summed E-state index contributed by atoms with van der Waals surface area (Å²) in [6.45, 7) is 10.2. The molecule has 0 amide bonds. The van der Waals surface area contributed by atoms with E-state index in [0.717, 1.165) is 43.8 Å². The van der Waals surface area contributed by atoms with Gasteiger partial charge in [0.05, 0.1) is 0 Å². The number of anilines is 1. The number of allylic oxidation sites excluding steroid dienone is 2. The molecule has 0 saturated carbocycles. The number of hydrogen-bond acceptors (Lipinski definition) is 2. The number of aryl methyl sites for hydroxylation is 1. The summed E-state index contributed by atoms with van der Waals surface area (Å²) in [7, 11) is 2.00. The molecule has 128 valence electrons. The largest absolute Gasteiger partial charge is 0.365 e. The third-order valence-electron chi connectivity index (χ3n) is 4.00. The maximum atomic E-state index is 6.29. The summed E-state index contributed by atoms with van der Waals surface area (Å²) in [6, 6.07) is 6.65. The molecule has 0 aromatic heterocycles. The third kappa shape index (κ3) is 6.80. The Balaban J connectivity index is 3.05. The van der Waals surface area contributed by atoms with Gasteiger partial charge in [-0.15, -0.1) is 6.58 Å². The Labute approximate surface area is 147 Å². The molecular weight excluding hydrogens is 304 g/mol. The highest BCUT2D eigenvalue weighted by Crippen LogP contribution is 2.28. The lowest BCUT2D eigenvalue weighted by Crippen LogP contribution is -2.34. The molecule has 0 aliphatic carbocycles. The molecule has 1 unspecified atom stereocenters. The van der Waals surface area contributed by atoms with Crippen molar-refractivity contribution < 1.29 is 0 Å². The summed E-state index contributed by atoms with van der Waals surface area (Å²) in [5, 5.41) is 4.04. The monoisotopic (exact) mass is 334 g/mol. The minimum absolute atomic E-state index is 0.355. The van der Waals surface area contributed by atoms with Crippen molar-refractivity contribution in [2.75, 3.05) is 25.0 Å². The number of halogens is 1. The van der Waals surface area contributed by atoms with E-state index in [1.807, 2.05) is 19.2 Å². The highest BCUT2D eigenvalue weighted by Gasteiger charge is 2.16. The molecule has 0 radical (unpaired) electrons. The van der Waals surface area contributed by atoms with Gasteiger partial charge in [0, 0.05) is 23.3 Å². The Hall–Kier alpha value is -1.25. The van der Waals surface area contributed by atoms with E-state index in [-0.39, 0.29) is 0 Å². The second-order valence-electron chi connectivity index (χ2n) is 5.87. The van der Waals surface area contributed by atoms with Gasteiger partial charge in [0.2, 0.25) is 0 Å². The molecule has 2 nitrogen and oxygen atoms in total. The number of benzene rings is 1. The van der Waals surface area contributed by atoms with E-state index in [1.54, 1.807) is 0 Å². The van der Waals surface area contributed by atoms with Crippen molar-refractivity contribution in [2.45, 2.75) is 45.6 Å². The van der Waals surface area contributed by atoms with E-state index in [4.69, 9.17) is 11.6 Å². The molecule has 23 heavy (non-hydrogen) atoms. The van der Waals surface area contributed by atoms with Crippen molar-refractivity contribution >= 4 is 17.3 Å². The van der Waals surface area contributed by atoms with Gasteiger partial charge in [-0.05, 0) is 70.8 Å². The van der Waals surface area contributed by atoms with Crippen molar-refractivity contribution in [3.63, 3.8) is 0 Å². The van der Waals surface area contributed by atoms with Gasteiger partial charge in [0.1, 0.15) is 0 Å². The quantitative estimate of drug-likeness (QED) is 0.440. The zero-order valence-electron chi connectivity index (χ0n) is 14.8. The molecular formula is C20H31ClN2. The van der Waals surface area contributed by atoms with Crippen molar-refractivity contribution in [2.24, 2.45) is 0 Å². The zero-order valence-corrected chi connectivity index (χ0v) is 15.6. The smallest absolute Gasteiger partial charge is 0.0444 e. The first-order valence-electron chi connectivity index (χ1n) is 8.57. The fourth-order valence-corrected chi connectivity index (χ4v) is 2.97. The highest BCUT2D eigenvalue weighted by molar-refractivity contribution is 6.30. The van der Waals surface area contributed by atoms with Crippen LogP contribution in [0.2, 0.25) is 5.02 Å². The topological polar surface area (TPSA) is 15.3 Å². The Morgan fingerprint density at radius 1 is 1.35 bits per heavy atom. The molecule has 0 heterocycles. The van der Waals surface area contributed by atoms with E-state index in [2.05, 4.69) is 54.9 Å². The minimum Gasteiger partial charge on any atom is -0.365 e. The molecule has 0 aliphatic heterocycles. The van der Waals surface area contributed by atoms with E-state index in [0.29, 0.717) is 6.04 Å². The molecule has 0 spiro atoms. The Morgan fingerprint density at radius 3 is 2.78 bits per heavy atom. The van der Waals surface area contributed by atoms with Gasteiger partial charge in [0.25, 0.3) is 0 Å². The lowest BCUT2D eigenvalue weighted by Gasteiger charge is -2.32. The van der Waals surface area contributed by atoms with Crippen LogP contribution in [0.15, 0.2) is 43.0 Å².